The van der Waals surface area contributed by atoms with Crippen LogP contribution in [-0.2, 0) is 65.4 Å². The van der Waals surface area contributed by atoms with Gasteiger partial charge < -0.3 is 33.8 Å². The van der Waals surface area contributed by atoms with Crippen LogP contribution in [0.25, 0.3) is 0 Å². The van der Waals surface area contributed by atoms with Crippen LogP contribution in [0.3, 0.4) is 0 Å². The molecule has 19 heteroatoms. The number of aliphatic hydroxyl groups is 1. The molecule has 5 atom stereocenters. The van der Waals surface area contributed by atoms with Crippen molar-refractivity contribution < 1.29 is 80.2 Å². The average molecular weight is 1530 g/mol. The predicted octanol–water partition coefficient (Wildman–Crippen LogP) is 24.7. The molecule has 0 radical (unpaired) electrons. The van der Waals surface area contributed by atoms with Gasteiger partial charge in [-0.1, -0.05) is 316 Å². The zero-order chi connectivity index (χ0) is 77.4. The van der Waals surface area contributed by atoms with E-state index in [1.807, 2.05) is 12.2 Å². The van der Waals surface area contributed by atoms with Crippen LogP contribution in [0.1, 0.15) is 349 Å². The first-order valence-electron chi connectivity index (χ1n) is 41.8. The van der Waals surface area contributed by atoms with Gasteiger partial charge in [0.25, 0.3) is 0 Å². The number of aliphatic hydroxyl groups excluding tert-OH is 1. The molecular formula is C87H150O17P2. The molecule has 3 N–H and O–H groups in total. The molecule has 0 aromatic heterocycles. The monoisotopic (exact) mass is 1530 g/mol. The maximum Gasteiger partial charge on any atom is 0.472 e. The Bertz CT molecular complexity index is 2480. The molecule has 0 aliphatic carbocycles. The Hall–Kier alpha value is -4.54. The molecule has 106 heavy (non-hydrogen) atoms. The fourth-order valence-corrected chi connectivity index (χ4v) is 12.7. The summed E-state index contributed by atoms with van der Waals surface area (Å²) in [7, 11) is -9.98. The van der Waals surface area contributed by atoms with E-state index in [0.717, 1.165) is 161 Å². The molecule has 0 aliphatic rings. The molecule has 0 fully saturated rings. The van der Waals surface area contributed by atoms with Gasteiger partial charge in [-0.3, -0.25) is 37.3 Å². The first-order chi connectivity index (χ1) is 51.7. The van der Waals surface area contributed by atoms with E-state index >= 15 is 0 Å². The molecule has 0 rings (SSSR count). The van der Waals surface area contributed by atoms with Crippen LogP contribution < -0.4 is 0 Å². The maximum absolute atomic E-state index is 13.1. The van der Waals surface area contributed by atoms with Gasteiger partial charge in [-0.15, -0.1) is 0 Å². The maximum atomic E-state index is 13.1. The zero-order valence-corrected chi connectivity index (χ0v) is 68.6. The first kappa shape index (κ1) is 101. The molecule has 17 nitrogen and oxygen atoms in total. The summed E-state index contributed by atoms with van der Waals surface area (Å²) in [5.41, 5.74) is 0. The number of hydrogen-bond donors (Lipinski definition) is 3. The lowest BCUT2D eigenvalue weighted by Gasteiger charge is -2.21. The van der Waals surface area contributed by atoms with Crippen molar-refractivity contribution in [1.82, 2.24) is 0 Å². The highest BCUT2D eigenvalue weighted by atomic mass is 31.2. The standard InChI is InChI=1S/C87H150O17P2/c1-5-9-13-17-21-25-29-33-37-39-40-42-46-48-52-56-60-64-68-72-85(90)98-78-83(104-87(92)74-70-66-62-58-54-50-44-36-32-28-24-20-16-12-8-4)80-102-106(95,96)100-76-81(88)75-99-105(93,94)101-79-82(103-86(91)73-69-65-61-57-53-49-43-35-31-27-23-19-15-11-7-3)77-97-84(89)71-67-63-59-55-51-47-45-41-38-34-30-26-22-18-14-10-6-2/h9-10,13-14,21-22,25-26,33-34,36-38,40,42,44-45,47,55,59,81-83,88H,5-8,11-12,15-20,23-24,27-32,35,39,41,43,46,48-54,56-58,60-80H2,1-4H3,(H,93,94)(H,95,96)/b13-9-,14-10-,25-21-,26-22-,37-33-,38-34-,42-40-,44-36-,47-45-,59-55-. The van der Waals surface area contributed by atoms with Gasteiger partial charge in [-0.2, -0.15) is 0 Å². The topological polar surface area (TPSA) is 237 Å². The Morgan fingerprint density at radius 3 is 0.802 bits per heavy atom. The number of phosphoric acid groups is 2. The summed E-state index contributed by atoms with van der Waals surface area (Å²) in [6.07, 6.45) is 87.4. The summed E-state index contributed by atoms with van der Waals surface area (Å²) in [5.74, 6) is -2.25. The minimum atomic E-state index is -4.99. The molecule has 0 spiro atoms. The van der Waals surface area contributed by atoms with Crippen molar-refractivity contribution in [3.63, 3.8) is 0 Å². The van der Waals surface area contributed by atoms with E-state index in [-0.39, 0.29) is 25.7 Å². The van der Waals surface area contributed by atoms with Crippen molar-refractivity contribution in [2.24, 2.45) is 0 Å². The number of rotatable bonds is 78. The molecule has 5 unspecified atom stereocenters. The van der Waals surface area contributed by atoms with Crippen LogP contribution in [0.5, 0.6) is 0 Å². The molecule has 0 saturated heterocycles. The van der Waals surface area contributed by atoms with E-state index < -0.39 is 97.5 Å². The number of carbonyl (C=O) groups is 4. The zero-order valence-electron chi connectivity index (χ0n) is 66.8. The van der Waals surface area contributed by atoms with Crippen LogP contribution in [0, 0.1) is 0 Å². The van der Waals surface area contributed by atoms with Crippen LogP contribution in [0.4, 0.5) is 0 Å². The van der Waals surface area contributed by atoms with Crippen LogP contribution >= 0.6 is 15.6 Å². The third-order valence-corrected chi connectivity index (χ3v) is 19.3. The molecule has 0 heterocycles. The quantitative estimate of drug-likeness (QED) is 0.0169. The summed E-state index contributed by atoms with van der Waals surface area (Å²) < 4.78 is 68.7. The first-order valence-corrected chi connectivity index (χ1v) is 44.8. The number of ether oxygens (including phenoxy) is 4. The van der Waals surface area contributed by atoms with Crippen molar-refractivity contribution >= 4 is 39.5 Å². The lowest BCUT2D eigenvalue weighted by atomic mass is 10.0. The van der Waals surface area contributed by atoms with E-state index in [2.05, 4.69) is 137 Å². The van der Waals surface area contributed by atoms with E-state index in [4.69, 9.17) is 37.0 Å². The minimum absolute atomic E-state index is 0.0796. The Balaban J connectivity index is 5.41. The lowest BCUT2D eigenvalue weighted by molar-refractivity contribution is -0.161. The van der Waals surface area contributed by atoms with Gasteiger partial charge in [-0.05, 0) is 128 Å². The number of hydrogen-bond acceptors (Lipinski definition) is 15. The normalized spacial score (nSPS) is 14.4. The van der Waals surface area contributed by atoms with Crippen molar-refractivity contribution in [3.05, 3.63) is 122 Å². The molecule has 0 saturated carbocycles. The summed E-state index contributed by atoms with van der Waals surface area (Å²) in [4.78, 5) is 73.1. The summed E-state index contributed by atoms with van der Waals surface area (Å²) >= 11 is 0. The second-order valence-corrected chi connectivity index (χ2v) is 30.6. The Morgan fingerprint density at radius 1 is 0.274 bits per heavy atom. The van der Waals surface area contributed by atoms with Crippen molar-refractivity contribution in [1.29, 1.82) is 0 Å². The van der Waals surface area contributed by atoms with Gasteiger partial charge in [-0.25, -0.2) is 9.13 Å². The molecule has 0 aliphatic heterocycles. The van der Waals surface area contributed by atoms with Gasteiger partial charge in [0, 0.05) is 25.7 Å². The highest BCUT2D eigenvalue weighted by Crippen LogP contribution is 2.45. The van der Waals surface area contributed by atoms with Crippen LogP contribution in [-0.4, -0.2) is 96.7 Å². The third-order valence-electron chi connectivity index (χ3n) is 17.4. The Morgan fingerprint density at radius 2 is 0.500 bits per heavy atom. The SMILES string of the molecule is CC/C=C\C/C=C\C/C=C\C/C=C\C/C=C\CCCC(=O)OCC(COP(=O)(O)OCC(O)COP(=O)(O)OCC(COC(=O)CCCCCCCC/C=C\C/C=C\C/C=C\C/C=C\CC)OC(=O)CCCCCCC/C=C\CCCCCCCC)OC(=O)CCCCCCCCCCCCCCCCC. The molecule has 0 aromatic rings. The van der Waals surface area contributed by atoms with Gasteiger partial charge in [0.05, 0.1) is 26.4 Å². The van der Waals surface area contributed by atoms with E-state index in [1.165, 1.54) is 103 Å². The molecule has 610 valence electrons. The summed E-state index contributed by atoms with van der Waals surface area (Å²) in [6.45, 7) is 4.61. The molecule has 0 aromatic carbocycles. The molecule has 0 amide bonds. The molecular weight excluding hydrogens is 1380 g/mol. The number of unbranched alkanes of at least 4 members (excludes halogenated alkanes) is 32. The van der Waals surface area contributed by atoms with Gasteiger partial charge >= 0.3 is 39.5 Å². The number of phosphoric ester groups is 2. The van der Waals surface area contributed by atoms with E-state index in [0.29, 0.717) is 32.1 Å². The Kier molecular flexibility index (Phi) is 75.2. The fourth-order valence-electron chi connectivity index (χ4n) is 11.1. The summed E-state index contributed by atoms with van der Waals surface area (Å²) in [5, 5.41) is 10.7. The van der Waals surface area contributed by atoms with Crippen LogP contribution in [0.15, 0.2) is 122 Å². The Labute approximate surface area is 644 Å². The van der Waals surface area contributed by atoms with Gasteiger partial charge in [0.2, 0.25) is 0 Å². The molecule has 0 bridgehead atoms. The number of carbonyl (C=O) groups excluding carboxylic acids is 4. The minimum Gasteiger partial charge on any atom is -0.462 e. The van der Waals surface area contributed by atoms with E-state index in [9.17, 15) is 43.2 Å². The number of allylic oxidation sites excluding steroid dienone is 20. The van der Waals surface area contributed by atoms with Crippen molar-refractivity contribution in [3.8, 4) is 0 Å². The summed E-state index contributed by atoms with van der Waals surface area (Å²) in [6, 6.07) is 0. The van der Waals surface area contributed by atoms with Crippen molar-refractivity contribution in [2.75, 3.05) is 39.6 Å². The lowest BCUT2D eigenvalue weighted by Crippen LogP contribution is -2.30. The highest BCUT2D eigenvalue weighted by molar-refractivity contribution is 7.47. The second kappa shape index (κ2) is 78.6. The predicted molar refractivity (Wildman–Crippen MR) is 436 cm³/mol. The largest absolute Gasteiger partial charge is 0.472 e. The van der Waals surface area contributed by atoms with Crippen molar-refractivity contribution in [2.45, 2.75) is 367 Å². The highest BCUT2D eigenvalue weighted by Gasteiger charge is 2.30. The van der Waals surface area contributed by atoms with Gasteiger partial charge in [0.15, 0.2) is 12.2 Å². The fraction of sp³-hybridized carbons (Fsp3) is 0.724. The smallest absolute Gasteiger partial charge is 0.462 e. The third kappa shape index (κ3) is 77.6. The van der Waals surface area contributed by atoms with E-state index in [1.54, 1.807) is 0 Å². The van der Waals surface area contributed by atoms with Crippen LogP contribution in [0.2, 0.25) is 0 Å². The average Bonchev–Trinajstić information content (AvgIpc) is 0.928. The van der Waals surface area contributed by atoms with Gasteiger partial charge in [0.1, 0.15) is 19.3 Å². The number of esters is 4. The second-order valence-electron chi connectivity index (χ2n) is 27.7.